The maximum atomic E-state index is 13.0. The van der Waals surface area contributed by atoms with Crippen molar-refractivity contribution in [2.75, 3.05) is 13.1 Å². The summed E-state index contributed by atoms with van der Waals surface area (Å²) in [6.07, 6.45) is 1.50. The van der Waals surface area contributed by atoms with Crippen LogP contribution in [0.1, 0.15) is 5.56 Å². The Bertz CT molecular complexity index is 1280. The summed E-state index contributed by atoms with van der Waals surface area (Å²) in [6, 6.07) is 14.3. The van der Waals surface area contributed by atoms with E-state index >= 15 is 0 Å². The Morgan fingerprint density at radius 1 is 1.09 bits per heavy atom. The molecule has 0 spiro atoms. The van der Waals surface area contributed by atoms with Crippen LogP contribution in [0.5, 0.6) is 0 Å². The first-order chi connectivity index (χ1) is 15.9. The van der Waals surface area contributed by atoms with Crippen molar-refractivity contribution in [2.45, 2.75) is 6.54 Å². The lowest BCUT2D eigenvalue weighted by Gasteiger charge is -2.12. The SMILES string of the molecule is O=C(Cn1nc(-c2ccccc2)oc1=O)NCCN1C(=O)S/C(=C\c2ccc(F)cc2)C1=O. The van der Waals surface area contributed by atoms with Crippen LogP contribution in [0.25, 0.3) is 17.5 Å². The molecule has 0 radical (unpaired) electrons. The molecule has 0 atom stereocenters. The lowest BCUT2D eigenvalue weighted by molar-refractivity contribution is -0.124. The van der Waals surface area contributed by atoms with Crippen molar-refractivity contribution >= 4 is 34.9 Å². The second-order valence-corrected chi connectivity index (χ2v) is 7.92. The Kier molecular flexibility index (Phi) is 6.50. The molecule has 0 bridgehead atoms. The maximum absolute atomic E-state index is 13.0. The van der Waals surface area contributed by atoms with Crippen LogP contribution in [-0.4, -0.2) is 44.8 Å². The molecule has 1 aliphatic rings. The number of hydrogen-bond donors (Lipinski definition) is 1. The molecule has 4 rings (SSSR count). The summed E-state index contributed by atoms with van der Waals surface area (Å²) in [5.41, 5.74) is 1.19. The van der Waals surface area contributed by atoms with Crippen molar-refractivity contribution in [3.8, 4) is 11.5 Å². The van der Waals surface area contributed by atoms with Crippen molar-refractivity contribution in [1.29, 1.82) is 0 Å². The lowest BCUT2D eigenvalue weighted by atomic mass is 10.2. The van der Waals surface area contributed by atoms with E-state index in [4.69, 9.17) is 4.42 Å². The molecule has 0 saturated carbocycles. The molecule has 1 saturated heterocycles. The maximum Gasteiger partial charge on any atom is 0.437 e. The van der Waals surface area contributed by atoms with E-state index in [1.807, 2.05) is 6.07 Å². The molecule has 1 N–H and O–H groups in total. The number of hydrogen-bond acceptors (Lipinski definition) is 7. The van der Waals surface area contributed by atoms with Gasteiger partial charge in [0, 0.05) is 18.7 Å². The third-order valence-corrected chi connectivity index (χ3v) is 5.53. The molecule has 1 aromatic heterocycles. The third-order valence-electron chi connectivity index (χ3n) is 4.62. The fourth-order valence-corrected chi connectivity index (χ4v) is 3.87. The number of carbonyl (C=O) groups is 3. The molecule has 11 heteroatoms. The smallest absolute Gasteiger partial charge is 0.388 e. The monoisotopic (exact) mass is 468 g/mol. The van der Waals surface area contributed by atoms with Gasteiger partial charge in [-0.05, 0) is 47.7 Å². The molecule has 0 unspecified atom stereocenters. The second-order valence-electron chi connectivity index (χ2n) is 6.93. The Morgan fingerprint density at radius 3 is 2.55 bits per heavy atom. The fourth-order valence-electron chi connectivity index (χ4n) is 3.01. The zero-order valence-electron chi connectivity index (χ0n) is 17.1. The van der Waals surface area contributed by atoms with Gasteiger partial charge < -0.3 is 9.73 Å². The van der Waals surface area contributed by atoms with E-state index < -0.39 is 28.6 Å². The minimum absolute atomic E-state index is 0.00114. The van der Waals surface area contributed by atoms with Gasteiger partial charge in [-0.15, -0.1) is 5.10 Å². The molecular formula is C22H17FN4O5S. The van der Waals surface area contributed by atoms with Gasteiger partial charge in [-0.1, -0.05) is 30.3 Å². The second kappa shape index (κ2) is 9.65. The first-order valence-corrected chi connectivity index (χ1v) is 10.6. The molecule has 33 heavy (non-hydrogen) atoms. The zero-order valence-corrected chi connectivity index (χ0v) is 17.9. The molecule has 168 valence electrons. The van der Waals surface area contributed by atoms with E-state index in [9.17, 15) is 23.6 Å². The minimum atomic E-state index is -0.777. The number of amides is 3. The van der Waals surface area contributed by atoms with Crippen LogP contribution in [-0.2, 0) is 16.1 Å². The lowest BCUT2D eigenvalue weighted by Crippen LogP contribution is -2.39. The van der Waals surface area contributed by atoms with Crippen molar-refractivity contribution in [1.82, 2.24) is 20.0 Å². The Balaban J connectivity index is 1.31. The number of halogens is 1. The zero-order chi connectivity index (χ0) is 23.4. The van der Waals surface area contributed by atoms with E-state index in [-0.39, 0.29) is 30.4 Å². The first-order valence-electron chi connectivity index (χ1n) is 9.82. The Morgan fingerprint density at radius 2 is 1.82 bits per heavy atom. The minimum Gasteiger partial charge on any atom is -0.388 e. The summed E-state index contributed by atoms with van der Waals surface area (Å²) in [7, 11) is 0. The Hall–Kier alpha value is -3.99. The summed E-state index contributed by atoms with van der Waals surface area (Å²) >= 11 is 0.769. The fraction of sp³-hybridized carbons (Fsp3) is 0.136. The summed E-state index contributed by atoms with van der Waals surface area (Å²) in [5, 5.41) is 6.09. The number of aromatic nitrogens is 2. The largest absolute Gasteiger partial charge is 0.437 e. The van der Waals surface area contributed by atoms with E-state index in [0.29, 0.717) is 11.1 Å². The number of nitrogens with one attached hydrogen (secondary N) is 1. The number of benzene rings is 2. The van der Waals surface area contributed by atoms with Crippen molar-refractivity contribution in [2.24, 2.45) is 0 Å². The summed E-state index contributed by atoms with van der Waals surface area (Å²) in [4.78, 5) is 50.0. The number of thioether (sulfide) groups is 1. The quantitative estimate of drug-likeness (QED) is 0.530. The van der Waals surface area contributed by atoms with Crippen LogP contribution in [0.4, 0.5) is 9.18 Å². The highest BCUT2D eigenvalue weighted by Crippen LogP contribution is 2.31. The van der Waals surface area contributed by atoms with E-state index in [2.05, 4.69) is 10.4 Å². The topological polar surface area (TPSA) is 115 Å². The van der Waals surface area contributed by atoms with Crippen molar-refractivity contribution in [3.63, 3.8) is 0 Å². The number of rotatable bonds is 7. The summed E-state index contributed by atoms with van der Waals surface area (Å²) < 4.78 is 19.0. The van der Waals surface area contributed by atoms with Crippen LogP contribution in [0.15, 0.2) is 68.7 Å². The van der Waals surface area contributed by atoms with Crippen LogP contribution in [0.3, 0.4) is 0 Å². The van der Waals surface area contributed by atoms with Gasteiger partial charge >= 0.3 is 5.76 Å². The molecule has 3 amide bonds. The summed E-state index contributed by atoms with van der Waals surface area (Å²) in [6.45, 7) is -0.416. The highest BCUT2D eigenvalue weighted by Gasteiger charge is 2.34. The van der Waals surface area contributed by atoms with Gasteiger partial charge in [0.15, 0.2) is 0 Å². The number of carbonyl (C=O) groups excluding carboxylic acids is 3. The predicted molar refractivity (Wildman–Crippen MR) is 118 cm³/mol. The van der Waals surface area contributed by atoms with E-state index in [1.54, 1.807) is 24.3 Å². The van der Waals surface area contributed by atoms with Gasteiger partial charge in [-0.3, -0.25) is 19.3 Å². The van der Waals surface area contributed by atoms with Crippen molar-refractivity contribution in [3.05, 3.63) is 81.4 Å². The van der Waals surface area contributed by atoms with Crippen LogP contribution < -0.4 is 11.1 Å². The number of imide groups is 1. The molecule has 3 aromatic rings. The molecule has 1 fully saturated rings. The van der Waals surface area contributed by atoms with Crippen LogP contribution in [0.2, 0.25) is 0 Å². The molecule has 1 aliphatic heterocycles. The average Bonchev–Trinajstić information content (AvgIpc) is 3.30. The van der Waals surface area contributed by atoms with Gasteiger partial charge in [-0.2, -0.15) is 4.68 Å². The third kappa shape index (κ3) is 5.26. The highest BCUT2D eigenvalue weighted by molar-refractivity contribution is 8.18. The van der Waals surface area contributed by atoms with Gasteiger partial charge in [-0.25, -0.2) is 9.18 Å². The number of nitrogens with zero attached hydrogens (tertiary/aromatic N) is 3. The van der Waals surface area contributed by atoms with Gasteiger partial charge in [0.1, 0.15) is 12.4 Å². The van der Waals surface area contributed by atoms with Gasteiger partial charge in [0.05, 0.1) is 4.91 Å². The summed E-state index contributed by atoms with van der Waals surface area (Å²) in [5.74, 6) is -2.11. The first kappa shape index (κ1) is 22.2. The molecule has 2 aromatic carbocycles. The van der Waals surface area contributed by atoms with Gasteiger partial charge in [0.25, 0.3) is 11.1 Å². The highest BCUT2D eigenvalue weighted by atomic mass is 32.2. The molecule has 2 heterocycles. The Labute approximate surface area is 190 Å². The van der Waals surface area contributed by atoms with Crippen molar-refractivity contribution < 1.29 is 23.2 Å². The van der Waals surface area contributed by atoms with Crippen LogP contribution >= 0.6 is 11.8 Å². The van der Waals surface area contributed by atoms with Crippen LogP contribution in [0, 0.1) is 5.82 Å². The molecular weight excluding hydrogens is 451 g/mol. The average molecular weight is 468 g/mol. The normalized spacial score (nSPS) is 14.8. The predicted octanol–water partition coefficient (Wildman–Crippen LogP) is 2.50. The van der Waals surface area contributed by atoms with E-state index in [0.717, 1.165) is 21.3 Å². The molecule has 0 aliphatic carbocycles. The van der Waals surface area contributed by atoms with Gasteiger partial charge in [0.2, 0.25) is 11.8 Å². The van der Waals surface area contributed by atoms with E-state index in [1.165, 1.54) is 30.3 Å². The standard InChI is InChI=1S/C22H17FN4O5S/c23-16-8-6-14(7-9-16)12-17-20(29)26(22(31)33-17)11-10-24-18(28)13-27-21(30)32-19(25-27)15-4-2-1-3-5-15/h1-9,12H,10-11,13H2,(H,24,28)/b17-12-. The molecule has 9 nitrogen and oxygen atoms in total.